The standard InChI is InChI=1S/C19H11BrCl2N2O5S/c20-10-1-3-11(4-2-10)24-18(28)12(17(27)23-19(24)30)5-9-6-13(21)16(14(22)7-9)29-8-15(25)26/h1-7H,8H2,(H,25,26)(H,23,27,30)/b12-5-. The lowest BCUT2D eigenvalue weighted by Gasteiger charge is -2.29. The van der Waals surface area contributed by atoms with E-state index in [2.05, 4.69) is 21.2 Å². The number of anilines is 1. The van der Waals surface area contributed by atoms with Crippen LogP contribution in [0.15, 0.2) is 46.4 Å². The highest BCUT2D eigenvalue weighted by molar-refractivity contribution is 9.10. The second kappa shape index (κ2) is 9.13. The highest BCUT2D eigenvalue weighted by Gasteiger charge is 2.34. The molecule has 154 valence electrons. The van der Waals surface area contributed by atoms with Gasteiger partial charge in [0.15, 0.2) is 17.5 Å². The highest BCUT2D eigenvalue weighted by Crippen LogP contribution is 2.35. The smallest absolute Gasteiger partial charge is 0.341 e. The van der Waals surface area contributed by atoms with Crippen LogP contribution in [0.5, 0.6) is 5.75 Å². The Hall–Kier alpha value is -2.46. The molecule has 0 bridgehead atoms. The average Bonchev–Trinajstić information content (AvgIpc) is 2.65. The van der Waals surface area contributed by atoms with E-state index in [0.717, 1.165) is 4.47 Å². The molecule has 0 unspecified atom stereocenters. The van der Waals surface area contributed by atoms with Crippen LogP contribution in [-0.2, 0) is 14.4 Å². The number of carbonyl (C=O) groups is 3. The number of amides is 2. The van der Waals surface area contributed by atoms with Crippen molar-refractivity contribution in [2.75, 3.05) is 11.5 Å². The van der Waals surface area contributed by atoms with Crippen molar-refractivity contribution in [3.05, 3.63) is 62.1 Å². The number of carboxylic acid groups (broad SMARTS) is 1. The number of thiocarbonyl (C=S) groups is 1. The van der Waals surface area contributed by atoms with Gasteiger partial charge in [-0.25, -0.2) is 4.79 Å². The molecule has 0 radical (unpaired) electrons. The van der Waals surface area contributed by atoms with Crippen LogP contribution in [0, 0.1) is 0 Å². The fraction of sp³-hybridized carbons (Fsp3) is 0.0526. The van der Waals surface area contributed by atoms with E-state index in [-0.39, 0.29) is 26.5 Å². The summed E-state index contributed by atoms with van der Waals surface area (Å²) in [6.45, 7) is -0.625. The highest BCUT2D eigenvalue weighted by atomic mass is 79.9. The van der Waals surface area contributed by atoms with Gasteiger partial charge in [-0.1, -0.05) is 39.1 Å². The molecule has 2 aromatic carbocycles. The summed E-state index contributed by atoms with van der Waals surface area (Å²) in [7, 11) is 0. The van der Waals surface area contributed by atoms with E-state index in [4.69, 9.17) is 45.3 Å². The van der Waals surface area contributed by atoms with Crippen LogP contribution in [0.3, 0.4) is 0 Å². The molecule has 1 heterocycles. The van der Waals surface area contributed by atoms with Gasteiger partial charge < -0.3 is 9.84 Å². The molecule has 11 heteroatoms. The summed E-state index contributed by atoms with van der Waals surface area (Å²) in [5.74, 6) is -2.50. The first-order valence-electron chi connectivity index (χ1n) is 8.18. The van der Waals surface area contributed by atoms with Crippen molar-refractivity contribution in [2.45, 2.75) is 0 Å². The molecule has 1 aliphatic rings. The number of nitrogens with zero attached hydrogens (tertiary/aromatic N) is 1. The Labute approximate surface area is 194 Å². The summed E-state index contributed by atoms with van der Waals surface area (Å²) in [5.41, 5.74) is 0.639. The van der Waals surface area contributed by atoms with Crippen molar-refractivity contribution in [2.24, 2.45) is 0 Å². The quantitative estimate of drug-likeness (QED) is 0.344. The normalized spacial score (nSPS) is 15.4. The lowest BCUT2D eigenvalue weighted by molar-refractivity contribution is -0.139. The van der Waals surface area contributed by atoms with E-state index in [1.54, 1.807) is 24.3 Å². The molecular weight excluding hydrogens is 519 g/mol. The van der Waals surface area contributed by atoms with E-state index < -0.39 is 24.4 Å². The molecule has 0 atom stereocenters. The van der Waals surface area contributed by atoms with Crippen molar-refractivity contribution in [1.29, 1.82) is 0 Å². The number of hydrogen-bond acceptors (Lipinski definition) is 5. The molecule has 0 spiro atoms. The summed E-state index contributed by atoms with van der Waals surface area (Å²) in [6.07, 6.45) is 1.31. The summed E-state index contributed by atoms with van der Waals surface area (Å²) in [4.78, 5) is 37.2. The molecule has 30 heavy (non-hydrogen) atoms. The van der Waals surface area contributed by atoms with Crippen molar-refractivity contribution in [1.82, 2.24) is 5.32 Å². The molecule has 1 aliphatic heterocycles. The van der Waals surface area contributed by atoms with Gasteiger partial charge >= 0.3 is 5.97 Å². The molecule has 1 saturated heterocycles. The fourth-order valence-corrected chi connectivity index (χ4v) is 3.74. The van der Waals surface area contributed by atoms with Crippen LogP contribution in [0.4, 0.5) is 5.69 Å². The minimum atomic E-state index is -1.19. The average molecular weight is 530 g/mol. The maximum absolute atomic E-state index is 13.0. The van der Waals surface area contributed by atoms with Gasteiger partial charge in [0.25, 0.3) is 11.8 Å². The van der Waals surface area contributed by atoms with Crippen LogP contribution in [0.2, 0.25) is 10.0 Å². The minimum Gasteiger partial charge on any atom is -0.479 e. The van der Waals surface area contributed by atoms with Gasteiger partial charge in [-0.05, 0) is 60.3 Å². The lowest BCUT2D eigenvalue weighted by atomic mass is 10.1. The van der Waals surface area contributed by atoms with Crippen LogP contribution in [0.1, 0.15) is 5.56 Å². The van der Waals surface area contributed by atoms with E-state index in [1.807, 2.05) is 0 Å². The van der Waals surface area contributed by atoms with Crippen LogP contribution in [-0.4, -0.2) is 34.6 Å². The van der Waals surface area contributed by atoms with Gasteiger partial charge in [0.2, 0.25) is 0 Å². The predicted molar refractivity (Wildman–Crippen MR) is 120 cm³/mol. The van der Waals surface area contributed by atoms with Crippen LogP contribution >= 0.6 is 51.3 Å². The molecule has 7 nitrogen and oxygen atoms in total. The molecule has 2 amide bonds. The minimum absolute atomic E-state index is 0.0139. The Balaban J connectivity index is 1.96. The van der Waals surface area contributed by atoms with Crippen LogP contribution < -0.4 is 15.0 Å². The van der Waals surface area contributed by atoms with Gasteiger partial charge in [-0.3, -0.25) is 19.8 Å². The second-order valence-electron chi connectivity index (χ2n) is 5.93. The first-order chi connectivity index (χ1) is 14.2. The van der Waals surface area contributed by atoms with Crippen molar-refractivity contribution < 1.29 is 24.2 Å². The molecule has 3 rings (SSSR count). The van der Waals surface area contributed by atoms with Crippen molar-refractivity contribution in [3.8, 4) is 5.75 Å². The molecule has 0 aromatic heterocycles. The van der Waals surface area contributed by atoms with E-state index in [1.165, 1.54) is 23.1 Å². The van der Waals surface area contributed by atoms with Crippen LogP contribution in [0.25, 0.3) is 6.08 Å². The number of ether oxygens (including phenoxy) is 1. The number of benzene rings is 2. The summed E-state index contributed by atoms with van der Waals surface area (Å²) >= 11 is 20.7. The van der Waals surface area contributed by atoms with Gasteiger partial charge in [0.05, 0.1) is 15.7 Å². The molecule has 2 aromatic rings. The lowest BCUT2D eigenvalue weighted by Crippen LogP contribution is -2.54. The first kappa shape index (κ1) is 22.2. The number of rotatable bonds is 5. The number of carboxylic acids is 1. The third kappa shape index (κ3) is 4.81. The Kier molecular flexibility index (Phi) is 6.77. The molecular formula is C19H11BrCl2N2O5S. The summed E-state index contributed by atoms with van der Waals surface area (Å²) in [5, 5.41) is 11.2. The first-order valence-corrected chi connectivity index (χ1v) is 10.1. The SMILES string of the molecule is O=C(O)COc1c(Cl)cc(/C=C2/C(=O)NC(=S)N(c3ccc(Br)cc3)C2=O)cc1Cl. The zero-order chi connectivity index (χ0) is 22.0. The number of nitrogens with one attached hydrogen (secondary N) is 1. The third-order valence-electron chi connectivity index (χ3n) is 3.86. The van der Waals surface area contributed by atoms with E-state index >= 15 is 0 Å². The third-order valence-corrected chi connectivity index (χ3v) is 5.23. The monoisotopic (exact) mass is 528 g/mol. The maximum Gasteiger partial charge on any atom is 0.341 e. The van der Waals surface area contributed by atoms with E-state index in [0.29, 0.717) is 11.3 Å². The van der Waals surface area contributed by atoms with E-state index in [9.17, 15) is 14.4 Å². The van der Waals surface area contributed by atoms with Gasteiger partial charge in [-0.2, -0.15) is 0 Å². The second-order valence-corrected chi connectivity index (χ2v) is 8.05. The Morgan fingerprint density at radius 1 is 1.20 bits per heavy atom. The zero-order valence-corrected chi connectivity index (χ0v) is 18.7. The number of hydrogen-bond donors (Lipinski definition) is 2. The van der Waals surface area contributed by atoms with Crippen molar-refractivity contribution in [3.63, 3.8) is 0 Å². The Morgan fingerprint density at radius 3 is 2.37 bits per heavy atom. The Bertz CT molecular complexity index is 1080. The Morgan fingerprint density at radius 2 is 1.80 bits per heavy atom. The molecule has 2 N–H and O–H groups in total. The zero-order valence-electron chi connectivity index (χ0n) is 14.8. The largest absolute Gasteiger partial charge is 0.479 e. The van der Waals surface area contributed by atoms with Gasteiger partial charge in [-0.15, -0.1) is 0 Å². The predicted octanol–water partition coefficient (Wildman–Crippen LogP) is 4.05. The summed E-state index contributed by atoms with van der Waals surface area (Å²) in [6, 6.07) is 9.61. The molecule has 0 saturated carbocycles. The molecule has 0 aliphatic carbocycles. The van der Waals surface area contributed by atoms with Crippen molar-refractivity contribution >= 4 is 86.0 Å². The maximum atomic E-state index is 13.0. The fourth-order valence-electron chi connectivity index (χ4n) is 2.58. The number of carbonyl (C=O) groups excluding carboxylic acids is 2. The number of halogens is 3. The summed E-state index contributed by atoms with van der Waals surface area (Å²) < 4.78 is 5.87. The molecule has 1 fully saturated rings. The number of aliphatic carboxylic acids is 1. The van der Waals surface area contributed by atoms with Gasteiger partial charge in [0, 0.05) is 4.47 Å². The topological polar surface area (TPSA) is 95.9 Å². The van der Waals surface area contributed by atoms with Gasteiger partial charge in [0.1, 0.15) is 5.57 Å².